The predicted octanol–water partition coefficient (Wildman–Crippen LogP) is 5.77. The van der Waals surface area contributed by atoms with Crippen molar-refractivity contribution in [3.05, 3.63) is 78.6 Å². The molecule has 2 saturated heterocycles. The summed E-state index contributed by atoms with van der Waals surface area (Å²) >= 11 is 0. The van der Waals surface area contributed by atoms with Gasteiger partial charge in [0.1, 0.15) is 35.3 Å². The summed E-state index contributed by atoms with van der Waals surface area (Å²) in [6, 6.07) is 22.2. The Morgan fingerprint density at radius 3 is 2.28 bits per heavy atom. The number of piperidine rings is 1. The molecule has 2 aliphatic heterocycles. The Balaban J connectivity index is 1.18. The monoisotopic (exact) mass is 534 g/mol. The van der Waals surface area contributed by atoms with E-state index in [2.05, 4.69) is 4.90 Å². The molecule has 2 aliphatic rings. The van der Waals surface area contributed by atoms with Crippen LogP contribution in [0.3, 0.4) is 0 Å². The Morgan fingerprint density at radius 2 is 1.59 bits per heavy atom. The molecule has 0 radical (unpaired) electrons. The third kappa shape index (κ3) is 6.74. The highest BCUT2D eigenvalue weighted by molar-refractivity contribution is 5.69. The van der Waals surface area contributed by atoms with E-state index in [0.717, 1.165) is 30.0 Å². The van der Waals surface area contributed by atoms with Gasteiger partial charge in [0, 0.05) is 50.1 Å². The summed E-state index contributed by atoms with van der Waals surface area (Å²) in [5, 5.41) is 9.47. The molecule has 0 spiro atoms. The van der Waals surface area contributed by atoms with Crippen molar-refractivity contribution in [3.8, 4) is 17.2 Å². The van der Waals surface area contributed by atoms with Crippen LogP contribution in [0.4, 0.5) is 15.8 Å². The number of hydrogen-bond acceptors (Lipinski definition) is 6. The maximum absolute atomic E-state index is 14.5. The average molecular weight is 535 g/mol. The van der Waals surface area contributed by atoms with Crippen molar-refractivity contribution in [1.82, 2.24) is 0 Å². The highest BCUT2D eigenvalue weighted by Gasteiger charge is 2.35. The lowest BCUT2D eigenvalue weighted by Gasteiger charge is -2.34. The van der Waals surface area contributed by atoms with Gasteiger partial charge in [-0.25, -0.2) is 4.39 Å². The number of benzene rings is 3. The minimum absolute atomic E-state index is 0.0421. The zero-order chi connectivity index (χ0) is 27.2. The van der Waals surface area contributed by atoms with Crippen LogP contribution in [-0.4, -0.2) is 55.6 Å². The van der Waals surface area contributed by atoms with Gasteiger partial charge >= 0.3 is 5.97 Å². The zero-order valence-electron chi connectivity index (χ0n) is 22.2. The standard InChI is InChI=1S/C31H35FN2O5/c1-2-37-27-12-13-29(32)30(20-27)33-16-14-26(15-17-33)38-25-10-8-22(9-11-25)34-21-28(18-23(34)19-31(35)36)39-24-6-4-3-5-7-24/h3-13,20,23,26,28H,2,14-19,21H2,1H3,(H,35,36)/t23-,28-/m1/s1. The molecule has 3 aromatic carbocycles. The lowest BCUT2D eigenvalue weighted by molar-refractivity contribution is -0.137. The first-order valence-corrected chi connectivity index (χ1v) is 13.6. The molecule has 2 heterocycles. The van der Waals surface area contributed by atoms with Crippen molar-refractivity contribution in [1.29, 1.82) is 0 Å². The van der Waals surface area contributed by atoms with E-state index < -0.39 is 5.97 Å². The van der Waals surface area contributed by atoms with E-state index in [4.69, 9.17) is 14.2 Å². The minimum atomic E-state index is -0.818. The number of anilines is 2. The first kappa shape index (κ1) is 26.7. The van der Waals surface area contributed by atoms with Crippen molar-refractivity contribution < 1.29 is 28.5 Å². The van der Waals surface area contributed by atoms with Gasteiger partial charge in [0.05, 0.1) is 25.3 Å². The number of rotatable bonds is 10. The van der Waals surface area contributed by atoms with E-state index in [1.807, 2.05) is 66.4 Å². The van der Waals surface area contributed by atoms with Crippen LogP contribution in [0.25, 0.3) is 0 Å². The van der Waals surface area contributed by atoms with Crippen LogP contribution in [0.2, 0.25) is 0 Å². The molecule has 2 fully saturated rings. The van der Waals surface area contributed by atoms with Crippen molar-refractivity contribution in [3.63, 3.8) is 0 Å². The van der Waals surface area contributed by atoms with Gasteiger partial charge in [0.2, 0.25) is 0 Å². The van der Waals surface area contributed by atoms with Gasteiger partial charge < -0.3 is 29.1 Å². The third-order valence-electron chi connectivity index (χ3n) is 7.31. The highest BCUT2D eigenvalue weighted by Crippen LogP contribution is 2.33. The van der Waals surface area contributed by atoms with E-state index >= 15 is 0 Å². The lowest BCUT2D eigenvalue weighted by Crippen LogP contribution is -2.38. The van der Waals surface area contributed by atoms with Gasteiger partial charge in [-0.3, -0.25) is 4.79 Å². The van der Waals surface area contributed by atoms with Gasteiger partial charge in [-0.1, -0.05) is 18.2 Å². The summed E-state index contributed by atoms with van der Waals surface area (Å²) in [6.07, 6.45) is 2.22. The van der Waals surface area contributed by atoms with Crippen LogP contribution < -0.4 is 24.0 Å². The molecule has 0 unspecified atom stereocenters. The molecule has 8 heteroatoms. The number of hydrogen-bond donors (Lipinski definition) is 1. The SMILES string of the molecule is CCOc1ccc(F)c(N2CCC(Oc3ccc(N4C[C@H](Oc5ccccc5)C[C@@H]4CC(=O)O)cc3)CC2)c1. The molecule has 0 bridgehead atoms. The minimum Gasteiger partial charge on any atom is -0.494 e. The first-order chi connectivity index (χ1) is 19.0. The summed E-state index contributed by atoms with van der Waals surface area (Å²) in [5.74, 6) is 1.17. The Hall–Kier alpha value is -3.94. The summed E-state index contributed by atoms with van der Waals surface area (Å²) in [6.45, 7) is 4.47. The van der Waals surface area contributed by atoms with Crippen molar-refractivity contribution >= 4 is 17.3 Å². The number of halogens is 1. The number of nitrogens with zero attached hydrogens (tertiary/aromatic N) is 2. The number of aliphatic carboxylic acids is 1. The van der Waals surface area contributed by atoms with Crippen LogP contribution in [0.5, 0.6) is 17.2 Å². The van der Waals surface area contributed by atoms with Gasteiger partial charge in [0.15, 0.2) is 0 Å². The molecule has 3 aromatic rings. The summed E-state index contributed by atoms with van der Waals surface area (Å²) in [5.41, 5.74) is 1.52. The van der Waals surface area contributed by atoms with Crippen molar-refractivity contribution in [2.24, 2.45) is 0 Å². The van der Waals surface area contributed by atoms with Crippen LogP contribution in [0, 0.1) is 5.82 Å². The van der Waals surface area contributed by atoms with E-state index in [9.17, 15) is 14.3 Å². The van der Waals surface area contributed by atoms with Crippen LogP contribution in [0.1, 0.15) is 32.6 Å². The second-order valence-corrected chi connectivity index (χ2v) is 10.0. The second kappa shape index (κ2) is 12.3. The Morgan fingerprint density at radius 1 is 0.923 bits per heavy atom. The normalized spacial score (nSPS) is 19.6. The van der Waals surface area contributed by atoms with E-state index in [1.165, 1.54) is 6.07 Å². The number of carboxylic acids is 1. The fourth-order valence-electron chi connectivity index (χ4n) is 5.48. The quantitative estimate of drug-likeness (QED) is 0.354. The van der Waals surface area contributed by atoms with E-state index in [0.29, 0.717) is 44.1 Å². The molecule has 0 amide bonds. The molecule has 0 saturated carbocycles. The largest absolute Gasteiger partial charge is 0.494 e. The molecule has 2 atom stereocenters. The third-order valence-corrected chi connectivity index (χ3v) is 7.31. The molecule has 39 heavy (non-hydrogen) atoms. The number of para-hydroxylation sites is 1. The smallest absolute Gasteiger partial charge is 0.305 e. The van der Waals surface area contributed by atoms with Crippen LogP contribution >= 0.6 is 0 Å². The summed E-state index contributed by atoms with van der Waals surface area (Å²) in [7, 11) is 0. The maximum atomic E-state index is 14.5. The zero-order valence-corrected chi connectivity index (χ0v) is 22.2. The topological polar surface area (TPSA) is 71.5 Å². The van der Waals surface area contributed by atoms with Crippen molar-refractivity contribution in [2.45, 2.75) is 50.9 Å². The summed E-state index contributed by atoms with van der Waals surface area (Å²) in [4.78, 5) is 15.7. The highest BCUT2D eigenvalue weighted by atomic mass is 19.1. The Kier molecular flexibility index (Phi) is 8.39. The van der Waals surface area contributed by atoms with Gasteiger partial charge in [-0.05, 0) is 55.5 Å². The Labute approximate surface area is 228 Å². The summed E-state index contributed by atoms with van der Waals surface area (Å²) < 4.78 is 32.4. The van der Waals surface area contributed by atoms with Gasteiger partial charge in [-0.15, -0.1) is 0 Å². The lowest BCUT2D eigenvalue weighted by atomic mass is 10.1. The number of carboxylic acid groups (broad SMARTS) is 1. The molecule has 0 aromatic heterocycles. The first-order valence-electron chi connectivity index (χ1n) is 13.6. The molecule has 0 aliphatic carbocycles. The Bertz CT molecular complexity index is 1230. The molecule has 7 nitrogen and oxygen atoms in total. The number of carbonyl (C=O) groups is 1. The van der Waals surface area contributed by atoms with Gasteiger partial charge in [0.25, 0.3) is 0 Å². The molecular weight excluding hydrogens is 499 g/mol. The molecule has 5 rings (SSSR count). The van der Waals surface area contributed by atoms with E-state index in [1.54, 1.807) is 12.1 Å². The number of ether oxygens (including phenoxy) is 3. The average Bonchev–Trinajstić information content (AvgIpc) is 3.32. The predicted molar refractivity (Wildman–Crippen MR) is 149 cm³/mol. The van der Waals surface area contributed by atoms with E-state index in [-0.39, 0.29) is 30.5 Å². The molecule has 1 N–H and O–H groups in total. The maximum Gasteiger partial charge on any atom is 0.305 e. The van der Waals surface area contributed by atoms with Crippen LogP contribution in [0.15, 0.2) is 72.8 Å². The molecule has 206 valence electrons. The van der Waals surface area contributed by atoms with Gasteiger partial charge in [-0.2, -0.15) is 0 Å². The second-order valence-electron chi connectivity index (χ2n) is 10.0. The van der Waals surface area contributed by atoms with Crippen LogP contribution in [-0.2, 0) is 4.79 Å². The fourth-order valence-corrected chi connectivity index (χ4v) is 5.48. The molecular formula is C31H35FN2O5. The fraction of sp³-hybridized carbons (Fsp3) is 0.387. The van der Waals surface area contributed by atoms with Crippen molar-refractivity contribution in [2.75, 3.05) is 36.0 Å².